The molecule has 1 saturated heterocycles. The largest absolute Gasteiger partial charge is 0.382 e. The van der Waals surface area contributed by atoms with Crippen molar-refractivity contribution in [3.05, 3.63) is 63.6 Å². The van der Waals surface area contributed by atoms with E-state index >= 15 is 0 Å². The van der Waals surface area contributed by atoms with Crippen LogP contribution < -0.4 is 10.6 Å². The summed E-state index contributed by atoms with van der Waals surface area (Å²) in [5.74, 6) is 0. The quantitative estimate of drug-likeness (QED) is 0.792. The Morgan fingerprint density at radius 3 is 2.54 bits per heavy atom. The molecule has 0 amide bonds. The minimum absolute atomic E-state index is 0.0889. The normalized spacial score (nSPS) is 19.2. The van der Waals surface area contributed by atoms with E-state index in [9.17, 15) is 0 Å². The van der Waals surface area contributed by atoms with Gasteiger partial charge in [0.2, 0.25) is 0 Å². The first-order chi connectivity index (χ1) is 11.7. The molecule has 1 spiro atoms. The Hall–Kier alpha value is -1.55. The highest BCUT2D eigenvalue weighted by atomic mass is 35.5. The topological polar surface area (TPSA) is 36.4 Å². The summed E-state index contributed by atoms with van der Waals surface area (Å²) < 4.78 is 0. The van der Waals surface area contributed by atoms with Crippen molar-refractivity contribution in [3.63, 3.8) is 0 Å². The van der Waals surface area contributed by atoms with Gasteiger partial charge in [0.15, 0.2) is 0 Å². The lowest BCUT2D eigenvalue weighted by atomic mass is 9.88. The Balaban J connectivity index is 1.90. The number of anilines is 1. The second-order valence-corrected chi connectivity index (χ2v) is 7.36. The number of nitrogens with one attached hydrogen (secondary N) is 2. The molecule has 5 heteroatoms. The zero-order chi connectivity index (χ0) is 16.6. The molecular weight excluding hydrogens is 341 g/mol. The van der Waals surface area contributed by atoms with Gasteiger partial charge in [0.25, 0.3) is 0 Å². The predicted octanol–water partition coefficient (Wildman–Crippen LogP) is 4.38. The molecule has 4 rings (SSSR count). The van der Waals surface area contributed by atoms with Crippen molar-refractivity contribution in [3.8, 4) is 0 Å². The van der Waals surface area contributed by atoms with E-state index < -0.39 is 0 Å². The summed E-state index contributed by atoms with van der Waals surface area (Å²) in [7, 11) is 0. The molecule has 2 aliphatic rings. The standard InChI is InChI=1S/C19H19Cl2N3/c20-14-3-1-2-13(10-14)18-16-11-15(21)4-5-17(16)23-12-19(24-18)6-8-22-9-7-19/h1-5,10-11,22-23H,6-9,12H2. The van der Waals surface area contributed by atoms with Crippen molar-refractivity contribution in [2.24, 2.45) is 4.99 Å². The molecule has 24 heavy (non-hydrogen) atoms. The fourth-order valence-electron chi connectivity index (χ4n) is 3.50. The Morgan fingerprint density at radius 1 is 0.958 bits per heavy atom. The maximum Gasteiger partial charge on any atom is 0.0811 e. The Bertz CT molecular complexity index is 795. The van der Waals surface area contributed by atoms with Crippen molar-refractivity contribution in [1.29, 1.82) is 0 Å². The Morgan fingerprint density at radius 2 is 1.75 bits per heavy atom. The number of hydrogen-bond donors (Lipinski definition) is 2. The number of nitrogens with zero attached hydrogens (tertiary/aromatic N) is 1. The van der Waals surface area contributed by atoms with Crippen LogP contribution in [0.4, 0.5) is 5.69 Å². The molecular formula is C19H19Cl2N3. The first-order valence-electron chi connectivity index (χ1n) is 8.26. The first kappa shape index (κ1) is 15.9. The Kier molecular flexibility index (Phi) is 4.25. The fraction of sp³-hybridized carbons (Fsp3) is 0.316. The van der Waals surface area contributed by atoms with E-state index in [2.05, 4.69) is 16.7 Å². The molecule has 2 N–H and O–H groups in total. The van der Waals surface area contributed by atoms with E-state index in [1.807, 2.05) is 36.4 Å². The highest BCUT2D eigenvalue weighted by Gasteiger charge is 2.34. The van der Waals surface area contributed by atoms with Gasteiger partial charge in [0.1, 0.15) is 0 Å². The minimum atomic E-state index is -0.0889. The van der Waals surface area contributed by atoms with Crippen LogP contribution in [0.15, 0.2) is 47.5 Å². The Labute approximate surface area is 152 Å². The lowest BCUT2D eigenvalue weighted by molar-refractivity contribution is 0.330. The summed E-state index contributed by atoms with van der Waals surface area (Å²) in [6.45, 7) is 2.82. The number of hydrogen-bond acceptors (Lipinski definition) is 3. The molecule has 0 atom stereocenters. The molecule has 0 radical (unpaired) electrons. The average Bonchev–Trinajstić information content (AvgIpc) is 2.73. The predicted molar refractivity (Wildman–Crippen MR) is 102 cm³/mol. The van der Waals surface area contributed by atoms with Gasteiger partial charge < -0.3 is 10.6 Å². The summed E-state index contributed by atoms with van der Waals surface area (Å²) in [5.41, 5.74) is 4.04. The van der Waals surface area contributed by atoms with Gasteiger partial charge in [-0.05, 0) is 56.3 Å². The van der Waals surface area contributed by atoms with Crippen LogP contribution in [0.2, 0.25) is 10.0 Å². The summed E-state index contributed by atoms with van der Waals surface area (Å²) in [4.78, 5) is 5.26. The van der Waals surface area contributed by atoms with Gasteiger partial charge >= 0.3 is 0 Å². The SMILES string of the molecule is Clc1cccc(C2=NC3(CCNCC3)CNc3ccc(Cl)cc32)c1. The van der Waals surface area contributed by atoms with Crippen molar-refractivity contribution < 1.29 is 0 Å². The summed E-state index contributed by atoms with van der Waals surface area (Å²) in [5, 5.41) is 8.46. The van der Waals surface area contributed by atoms with E-state index in [4.69, 9.17) is 28.2 Å². The van der Waals surface area contributed by atoms with Gasteiger partial charge in [-0.2, -0.15) is 0 Å². The van der Waals surface area contributed by atoms with Crippen LogP contribution in [0.1, 0.15) is 24.0 Å². The number of benzene rings is 2. The van der Waals surface area contributed by atoms with Gasteiger partial charge in [-0.25, -0.2) is 0 Å². The molecule has 2 aromatic rings. The molecule has 0 bridgehead atoms. The van der Waals surface area contributed by atoms with Gasteiger partial charge in [0, 0.05) is 33.4 Å². The third-order valence-electron chi connectivity index (χ3n) is 4.83. The van der Waals surface area contributed by atoms with Gasteiger partial charge in [-0.3, -0.25) is 4.99 Å². The maximum atomic E-state index is 6.27. The van der Waals surface area contributed by atoms with Crippen molar-refractivity contribution in [2.45, 2.75) is 18.4 Å². The van der Waals surface area contributed by atoms with Crippen LogP contribution in [0.25, 0.3) is 0 Å². The fourth-order valence-corrected chi connectivity index (χ4v) is 3.86. The van der Waals surface area contributed by atoms with Crippen LogP contribution in [0, 0.1) is 0 Å². The molecule has 2 aliphatic heterocycles. The van der Waals surface area contributed by atoms with Crippen LogP contribution in [0.3, 0.4) is 0 Å². The van der Waals surface area contributed by atoms with Crippen molar-refractivity contribution in [2.75, 3.05) is 25.0 Å². The summed E-state index contributed by atoms with van der Waals surface area (Å²) >= 11 is 12.5. The number of piperidine rings is 1. The van der Waals surface area contributed by atoms with Crippen LogP contribution in [-0.4, -0.2) is 30.9 Å². The zero-order valence-corrected chi connectivity index (χ0v) is 14.8. The van der Waals surface area contributed by atoms with Crippen LogP contribution >= 0.6 is 23.2 Å². The third kappa shape index (κ3) is 3.04. The smallest absolute Gasteiger partial charge is 0.0811 e. The second kappa shape index (κ2) is 6.40. The van der Waals surface area contributed by atoms with Gasteiger partial charge in [-0.15, -0.1) is 0 Å². The minimum Gasteiger partial charge on any atom is -0.382 e. The van der Waals surface area contributed by atoms with Crippen LogP contribution in [-0.2, 0) is 0 Å². The molecule has 124 valence electrons. The third-order valence-corrected chi connectivity index (χ3v) is 5.30. The summed E-state index contributed by atoms with van der Waals surface area (Å²) in [6, 6.07) is 13.9. The maximum absolute atomic E-state index is 6.27. The number of fused-ring (bicyclic) bond motifs is 1. The van der Waals surface area contributed by atoms with Crippen molar-refractivity contribution in [1.82, 2.24) is 5.32 Å². The van der Waals surface area contributed by atoms with E-state index in [0.29, 0.717) is 5.02 Å². The van der Waals surface area contributed by atoms with Gasteiger partial charge in [-0.1, -0.05) is 35.3 Å². The molecule has 3 nitrogen and oxygen atoms in total. The first-order valence-corrected chi connectivity index (χ1v) is 9.01. The monoisotopic (exact) mass is 359 g/mol. The number of rotatable bonds is 1. The number of aliphatic imine (C=N–C) groups is 1. The lowest BCUT2D eigenvalue weighted by Gasteiger charge is -2.34. The molecule has 2 heterocycles. The zero-order valence-electron chi connectivity index (χ0n) is 13.3. The molecule has 1 fully saturated rings. The second-order valence-electron chi connectivity index (χ2n) is 6.49. The summed E-state index contributed by atoms with van der Waals surface area (Å²) in [6.07, 6.45) is 2.04. The highest BCUT2D eigenvalue weighted by molar-refractivity contribution is 6.32. The number of halogens is 2. The molecule has 0 unspecified atom stereocenters. The molecule has 0 aromatic heterocycles. The lowest BCUT2D eigenvalue weighted by Crippen LogP contribution is -2.45. The van der Waals surface area contributed by atoms with E-state index in [1.165, 1.54) is 0 Å². The van der Waals surface area contributed by atoms with Crippen LogP contribution in [0.5, 0.6) is 0 Å². The average molecular weight is 360 g/mol. The van der Waals surface area contributed by atoms with E-state index in [-0.39, 0.29) is 5.54 Å². The van der Waals surface area contributed by atoms with E-state index in [0.717, 1.165) is 60.0 Å². The van der Waals surface area contributed by atoms with E-state index in [1.54, 1.807) is 0 Å². The molecule has 0 aliphatic carbocycles. The molecule has 2 aromatic carbocycles. The van der Waals surface area contributed by atoms with Gasteiger partial charge in [0.05, 0.1) is 11.3 Å². The highest BCUT2D eigenvalue weighted by Crippen LogP contribution is 2.33. The molecule has 0 saturated carbocycles. The van der Waals surface area contributed by atoms with Crippen molar-refractivity contribution >= 4 is 34.6 Å².